The summed E-state index contributed by atoms with van der Waals surface area (Å²) in [5.41, 5.74) is 7.99. The van der Waals surface area contributed by atoms with E-state index in [0.29, 0.717) is 0 Å². The molecule has 0 atom stereocenters. The Balaban J connectivity index is 2.01. The van der Waals surface area contributed by atoms with Crippen molar-refractivity contribution in [2.45, 2.75) is 6.42 Å². The van der Waals surface area contributed by atoms with Crippen molar-refractivity contribution in [2.75, 3.05) is 24.2 Å². The number of benzene rings is 1. The Morgan fingerprint density at radius 1 is 1.35 bits per heavy atom. The first-order chi connectivity index (χ1) is 8.16. The van der Waals surface area contributed by atoms with E-state index in [9.17, 15) is 0 Å². The number of nitrogens with two attached hydrogens (primary N) is 1. The molecule has 0 saturated heterocycles. The molecule has 0 aliphatic rings. The maximum absolute atomic E-state index is 6.03. The summed E-state index contributed by atoms with van der Waals surface area (Å²) in [4.78, 5) is 3.63. The van der Waals surface area contributed by atoms with E-state index in [-0.39, 0.29) is 0 Å². The van der Waals surface area contributed by atoms with Crippen LogP contribution in [0.25, 0.3) is 0 Å². The molecule has 0 bridgehead atoms. The van der Waals surface area contributed by atoms with Gasteiger partial charge in [0.2, 0.25) is 0 Å². The molecule has 0 spiro atoms. The number of rotatable bonds is 4. The SMILES string of the molecule is CN(CCc1cccs1)c1ccc(I)cc1N. The van der Waals surface area contributed by atoms with Crippen LogP contribution in [-0.2, 0) is 6.42 Å². The van der Waals surface area contributed by atoms with Crippen molar-refractivity contribution in [2.24, 2.45) is 0 Å². The van der Waals surface area contributed by atoms with Crippen molar-refractivity contribution in [3.8, 4) is 0 Å². The summed E-state index contributed by atoms with van der Waals surface area (Å²) in [6.45, 7) is 0.991. The largest absolute Gasteiger partial charge is 0.397 e. The van der Waals surface area contributed by atoms with Gasteiger partial charge in [-0.2, -0.15) is 0 Å². The highest BCUT2D eigenvalue weighted by molar-refractivity contribution is 14.1. The van der Waals surface area contributed by atoms with Crippen molar-refractivity contribution in [1.29, 1.82) is 0 Å². The fraction of sp³-hybridized carbons (Fsp3) is 0.231. The molecule has 1 aromatic carbocycles. The van der Waals surface area contributed by atoms with E-state index in [1.807, 2.05) is 17.4 Å². The third-order valence-corrected chi connectivity index (χ3v) is 4.28. The summed E-state index contributed by atoms with van der Waals surface area (Å²) >= 11 is 4.09. The van der Waals surface area contributed by atoms with E-state index in [1.165, 1.54) is 8.45 Å². The van der Waals surface area contributed by atoms with E-state index in [1.54, 1.807) is 0 Å². The number of anilines is 2. The van der Waals surface area contributed by atoms with Crippen LogP contribution < -0.4 is 10.6 Å². The number of thiophene rings is 1. The van der Waals surface area contributed by atoms with Gasteiger partial charge < -0.3 is 10.6 Å². The average molecular weight is 358 g/mol. The number of hydrogen-bond donors (Lipinski definition) is 1. The summed E-state index contributed by atoms with van der Waals surface area (Å²) in [7, 11) is 2.09. The molecule has 4 heteroatoms. The smallest absolute Gasteiger partial charge is 0.0598 e. The van der Waals surface area contributed by atoms with E-state index in [0.717, 1.165) is 24.3 Å². The monoisotopic (exact) mass is 358 g/mol. The Morgan fingerprint density at radius 3 is 2.82 bits per heavy atom. The lowest BCUT2D eigenvalue weighted by atomic mass is 10.2. The highest BCUT2D eigenvalue weighted by Crippen LogP contribution is 2.24. The van der Waals surface area contributed by atoms with Crippen molar-refractivity contribution >= 4 is 45.3 Å². The quantitative estimate of drug-likeness (QED) is 0.668. The first-order valence-electron chi connectivity index (χ1n) is 5.45. The minimum Gasteiger partial charge on any atom is -0.397 e. The average Bonchev–Trinajstić information content (AvgIpc) is 2.78. The van der Waals surface area contributed by atoms with E-state index in [2.05, 4.69) is 64.2 Å². The molecule has 2 rings (SSSR count). The maximum atomic E-state index is 6.03. The highest BCUT2D eigenvalue weighted by atomic mass is 127. The van der Waals surface area contributed by atoms with Crippen LogP contribution in [0.1, 0.15) is 4.88 Å². The van der Waals surface area contributed by atoms with Gasteiger partial charge in [-0.15, -0.1) is 11.3 Å². The molecule has 2 N–H and O–H groups in total. The van der Waals surface area contributed by atoms with E-state index < -0.39 is 0 Å². The molecule has 2 nitrogen and oxygen atoms in total. The number of nitrogens with zero attached hydrogens (tertiary/aromatic N) is 1. The molecule has 2 aromatic rings. The van der Waals surface area contributed by atoms with Gasteiger partial charge in [0.15, 0.2) is 0 Å². The van der Waals surface area contributed by atoms with Gasteiger partial charge in [-0.1, -0.05) is 6.07 Å². The van der Waals surface area contributed by atoms with Crippen LogP contribution in [0, 0.1) is 3.57 Å². The maximum Gasteiger partial charge on any atom is 0.0598 e. The Hall–Kier alpha value is -0.750. The number of likely N-dealkylation sites (N-methyl/N-ethyl adjacent to an activating group) is 1. The van der Waals surface area contributed by atoms with Crippen molar-refractivity contribution in [3.63, 3.8) is 0 Å². The van der Waals surface area contributed by atoms with Gasteiger partial charge in [0.1, 0.15) is 0 Å². The predicted octanol–water partition coefficient (Wildman–Crippen LogP) is 3.61. The zero-order chi connectivity index (χ0) is 12.3. The molecule has 0 unspecified atom stereocenters. The first kappa shape index (κ1) is 12.7. The molecule has 17 heavy (non-hydrogen) atoms. The third kappa shape index (κ3) is 3.35. The molecule has 90 valence electrons. The summed E-state index contributed by atoms with van der Waals surface area (Å²) in [6.07, 6.45) is 1.07. The Labute approximate surface area is 120 Å². The number of halogens is 1. The number of nitrogen functional groups attached to an aromatic ring is 1. The molecule has 0 aliphatic carbocycles. The Bertz CT molecular complexity index is 482. The van der Waals surface area contributed by atoms with Crippen LogP contribution in [0.5, 0.6) is 0 Å². The molecule has 0 amide bonds. The van der Waals surface area contributed by atoms with Gasteiger partial charge in [-0.25, -0.2) is 0 Å². The highest BCUT2D eigenvalue weighted by Gasteiger charge is 2.06. The second kappa shape index (κ2) is 5.73. The second-order valence-corrected chi connectivity index (χ2v) is 6.23. The van der Waals surface area contributed by atoms with Gasteiger partial charge in [0, 0.05) is 22.0 Å². The van der Waals surface area contributed by atoms with Crippen molar-refractivity contribution < 1.29 is 0 Å². The Kier molecular flexibility index (Phi) is 4.28. The molecule has 0 aliphatic heterocycles. The van der Waals surface area contributed by atoms with Gasteiger partial charge in [0.05, 0.1) is 11.4 Å². The first-order valence-corrected chi connectivity index (χ1v) is 7.41. The van der Waals surface area contributed by atoms with Gasteiger partial charge in [-0.3, -0.25) is 0 Å². The van der Waals surface area contributed by atoms with Crippen LogP contribution >= 0.6 is 33.9 Å². The molecule has 1 heterocycles. The standard InChI is InChI=1S/C13H15IN2S/c1-16(7-6-11-3-2-8-17-11)13-5-4-10(14)9-12(13)15/h2-5,8-9H,6-7,15H2,1H3. The fourth-order valence-corrected chi connectivity index (χ4v) is 2.94. The lowest BCUT2D eigenvalue weighted by Gasteiger charge is -2.20. The van der Waals surface area contributed by atoms with Crippen LogP contribution in [0.15, 0.2) is 35.7 Å². The second-order valence-electron chi connectivity index (χ2n) is 3.95. The molecule has 0 saturated carbocycles. The summed E-state index contributed by atoms with van der Waals surface area (Å²) in [5.74, 6) is 0. The van der Waals surface area contributed by atoms with Crippen molar-refractivity contribution in [1.82, 2.24) is 0 Å². The minimum absolute atomic E-state index is 0.852. The predicted molar refractivity (Wildman–Crippen MR) is 84.9 cm³/mol. The lowest BCUT2D eigenvalue weighted by Crippen LogP contribution is -2.21. The van der Waals surface area contributed by atoms with Crippen LogP contribution in [-0.4, -0.2) is 13.6 Å². The molecule has 0 radical (unpaired) electrons. The lowest BCUT2D eigenvalue weighted by molar-refractivity contribution is 0.888. The zero-order valence-electron chi connectivity index (χ0n) is 9.69. The van der Waals surface area contributed by atoms with Crippen LogP contribution in [0.2, 0.25) is 0 Å². The van der Waals surface area contributed by atoms with E-state index in [4.69, 9.17) is 5.73 Å². The molecular weight excluding hydrogens is 343 g/mol. The van der Waals surface area contributed by atoms with Crippen LogP contribution in [0.3, 0.4) is 0 Å². The third-order valence-electron chi connectivity index (χ3n) is 2.67. The van der Waals surface area contributed by atoms with E-state index >= 15 is 0 Å². The molecular formula is C13H15IN2S. The summed E-state index contributed by atoms with van der Waals surface area (Å²) in [5, 5.41) is 2.12. The fourth-order valence-electron chi connectivity index (χ4n) is 1.73. The summed E-state index contributed by atoms with van der Waals surface area (Å²) in [6, 6.07) is 10.5. The zero-order valence-corrected chi connectivity index (χ0v) is 12.7. The summed E-state index contributed by atoms with van der Waals surface area (Å²) < 4.78 is 1.18. The van der Waals surface area contributed by atoms with Crippen LogP contribution in [0.4, 0.5) is 11.4 Å². The minimum atomic E-state index is 0.852. The molecule has 0 fully saturated rings. The normalized spacial score (nSPS) is 10.5. The van der Waals surface area contributed by atoms with Gasteiger partial charge in [-0.05, 0) is 58.7 Å². The molecule has 1 aromatic heterocycles. The van der Waals surface area contributed by atoms with Gasteiger partial charge >= 0.3 is 0 Å². The Morgan fingerprint density at radius 2 is 2.18 bits per heavy atom. The van der Waals surface area contributed by atoms with Gasteiger partial charge in [0.25, 0.3) is 0 Å². The van der Waals surface area contributed by atoms with Crippen molar-refractivity contribution in [3.05, 3.63) is 44.2 Å². The topological polar surface area (TPSA) is 29.3 Å². The number of hydrogen-bond acceptors (Lipinski definition) is 3.